The molecule has 2 heteroatoms. The molecule has 0 saturated carbocycles. The molecule has 0 saturated heterocycles. The Labute approximate surface area is 118 Å². The van der Waals surface area contributed by atoms with E-state index in [1.54, 1.807) is 0 Å². The fourth-order valence-corrected chi connectivity index (χ4v) is 1.45. The van der Waals surface area contributed by atoms with Gasteiger partial charge in [-0.05, 0) is 39.0 Å². The molecule has 0 aromatic carbocycles. The van der Waals surface area contributed by atoms with Gasteiger partial charge in [-0.2, -0.15) is 0 Å². The van der Waals surface area contributed by atoms with Crippen LogP contribution in [0.1, 0.15) is 77.7 Å². The average Bonchev–Trinajstić information content (AvgIpc) is 2.03. The summed E-state index contributed by atoms with van der Waals surface area (Å²) in [4.78, 5) is 0. The first-order valence-corrected chi connectivity index (χ1v) is 5.74. The first-order valence-electron chi connectivity index (χ1n) is 5.74. The third-order valence-electron chi connectivity index (χ3n) is 2.67. The van der Waals surface area contributed by atoms with Crippen LogP contribution < -0.4 is 0 Å². The van der Waals surface area contributed by atoms with Crippen LogP contribution in [0.15, 0.2) is 0 Å². The van der Waals surface area contributed by atoms with Gasteiger partial charge in [-0.25, -0.2) is 0 Å². The van der Waals surface area contributed by atoms with E-state index in [2.05, 4.69) is 27.7 Å². The Kier molecular flexibility index (Phi) is 28.9. The van der Waals surface area contributed by atoms with Crippen molar-refractivity contribution >= 4 is 0 Å². The predicted molar refractivity (Wildman–Crippen MR) is 87.2 cm³/mol. The van der Waals surface area contributed by atoms with E-state index in [1.807, 2.05) is 13.8 Å². The first-order chi connectivity index (χ1) is 6.47. The van der Waals surface area contributed by atoms with E-state index in [1.165, 1.54) is 0 Å². The maximum Gasteiger partial charge on any atom is 0.155 e. The van der Waals surface area contributed by atoms with E-state index in [9.17, 15) is 0 Å². The van der Waals surface area contributed by atoms with E-state index in [0.717, 1.165) is 12.3 Å². The Hall–Kier alpha value is -0.0800. The van der Waals surface area contributed by atoms with Gasteiger partial charge >= 0.3 is 0 Å². The van der Waals surface area contributed by atoms with E-state index in [-0.39, 0.29) is 42.1 Å². The van der Waals surface area contributed by atoms with E-state index in [0.29, 0.717) is 12.5 Å². The molecule has 3 unspecified atom stereocenters. The Morgan fingerprint density at radius 3 is 1.61 bits per heavy atom. The lowest BCUT2D eigenvalue weighted by Gasteiger charge is -2.23. The molecular weight excluding hydrogens is 224 g/mol. The summed E-state index contributed by atoms with van der Waals surface area (Å²) in [5.74, 6) is 1.43. The highest BCUT2D eigenvalue weighted by atomic mass is 16.7. The van der Waals surface area contributed by atoms with Gasteiger partial charge in [0.05, 0.1) is 6.10 Å². The quantitative estimate of drug-likeness (QED) is 0.526. The van der Waals surface area contributed by atoms with Crippen LogP contribution in [-0.4, -0.2) is 19.0 Å². The number of ether oxygens (including phenoxy) is 2. The second-order valence-corrected chi connectivity index (χ2v) is 4.43. The molecule has 0 aliphatic carbocycles. The molecule has 0 heterocycles. The lowest BCUT2D eigenvalue weighted by molar-refractivity contribution is -0.156. The van der Waals surface area contributed by atoms with Crippen molar-refractivity contribution in [3.63, 3.8) is 0 Å². The third kappa shape index (κ3) is 15.9. The lowest BCUT2D eigenvalue weighted by atomic mass is 9.92. The van der Waals surface area contributed by atoms with Crippen LogP contribution in [-0.2, 0) is 9.47 Å². The second kappa shape index (κ2) is 16.9. The molecular formula is C16H42O2. The van der Waals surface area contributed by atoms with Gasteiger partial charge in [0.1, 0.15) is 0 Å². The fourth-order valence-electron chi connectivity index (χ4n) is 1.45. The molecule has 0 bridgehead atoms. The molecule has 0 amide bonds. The Morgan fingerprint density at radius 1 is 0.833 bits per heavy atom. The summed E-state index contributed by atoms with van der Waals surface area (Å²) in [5, 5.41) is 0. The largest absolute Gasteiger partial charge is 0.353 e. The second-order valence-electron chi connectivity index (χ2n) is 4.43. The Balaban J connectivity index is -0.000000141. The molecule has 0 aliphatic heterocycles. The van der Waals surface area contributed by atoms with Gasteiger partial charge in [0, 0.05) is 6.61 Å². The van der Waals surface area contributed by atoms with Crippen molar-refractivity contribution in [1.82, 2.24) is 0 Å². The molecule has 0 fully saturated rings. The van der Waals surface area contributed by atoms with Crippen LogP contribution in [0.25, 0.3) is 0 Å². The smallest absolute Gasteiger partial charge is 0.155 e. The minimum atomic E-state index is -0.0747. The number of rotatable bonds is 7. The van der Waals surface area contributed by atoms with E-state index < -0.39 is 0 Å². The minimum Gasteiger partial charge on any atom is -0.353 e. The van der Waals surface area contributed by atoms with Gasteiger partial charge in [-0.1, -0.05) is 50.5 Å². The monoisotopic (exact) mass is 266 g/mol. The van der Waals surface area contributed by atoms with Crippen molar-refractivity contribution in [2.75, 3.05) is 6.61 Å². The molecule has 0 aromatic heterocycles. The highest BCUT2D eigenvalue weighted by Crippen LogP contribution is 2.18. The summed E-state index contributed by atoms with van der Waals surface area (Å²) >= 11 is 0. The summed E-state index contributed by atoms with van der Waals surface area (Å²) < 4.78 is 11.0. The van der Waals surface area contributed by atoms with E-state index >= 15 is 0 Å². The van der Waals surface area contributed by atoms with Crippen molar-refractivity contribution in [2.45, 2.75) is 90.1 Å². The summed E-state index contributed by atoms with van der Waals surface area (Å²) in [5.41, 5.74) is 0. The van der Waals surface area contributed by atoms with Crippen LogP contribution in [0.3, 0.4) is 0 Å². The van der Waals surface area contributed by atoms with Crippen LogP contribution in [0.2, 0.25) is 0 Å². The van der Waals surface area contributed by atoms with Gasteiger partial charge < -0.3 is 9.47 Å². The predicted octanol–water partition coefficient (Wildman–Crippen LogP) is 6.00. The third-order valence-corrected chi connectivity index (χ3v) is 2.67. The van der Waals surface area contributed by atoms with Gasteiger partial charge in [0.2, 0.25) is 0 Å². The summed E-state index contributed by atoms with van der Waals surface area (Å²) in [6.07, 6.45) is 1.32. The van der Waals surface area contributed by atoms with Crippen molar-refractivity contribution in [1.29, 1.82) is 0 Å². The highest BCUT2D eigenvalue weighted by Gasteiger charge is 2.14. The zero-order chi connectivity index (χ0) is 11.1. The first kappa shape index (κ1) is 30.7. The molecule has 2 nitrogen and oxygen atoms in total. The number of hydrogen-bond acceptors (Lipinski definition) is 2. The van der Waals surface area contributed by atoms with Gasteiger partial charge in [-0.3, -0.25) is 0 Å². The molecule has 0 aliphatic rings. The van der Waals surface area contributed by atoms with Gasteiger partial charge in [0.15, 0.2) is 6.29 Å². The summed E-state index contributed by atoms with van der Waals surface area (Å²) in [6.45, 7) is 13.6. The standard InChI is InChI=1S/C12H26O2.4CH4/c1-7-13-12(6)14-11(5)8-10(4)9(2)3;;;;/h9-12H,7-8H2,1-6H3;4*1H4. The molecule has 0 N–H and O–H groups in total. The van der Waals surface area contributed by atoms with Crippen LogP contribution >= 0.6 is 0 Å². The molecule has 3 atom stereocenters. The van der Waals surface area contributed by atoms with E-state index in [4.69, 9.17) is 9.47 Å². The normalized spacial score (nSPS) is 14.2. The SMILES string of the molecule is C.C.C.C.CCOC(C)OC(C)CC(C)C(C)C. The molecule has 118 valence electrons. The maximum absolute atomic E-state index is 5.69. The van der Waals surface area contributed by atoms with Crippen molar-refractivity contribution < 1.29 is 9.47 Å². The molecule has 0 rings (SSSR count). The molecule has 0 aromatic rings. The van der Waals surface area contributed by atoms with Crippen LogP contribution in [0.4, 0.5) is 0 Å². The van der Waals surface area contributed by atoms with Crippen LogP contribution in [0.5, 0.6) is 0 Å². The molecule has 0 radical (unpaired) electrons. The zero-order valence-electron chi connectivity index (χ0n) is 10.5. The number of hydrogen-bond donors (Lipinski definition) is 0. The average molecular weight is 267 g/mol. The van der Waals surface area contributed by atoms with Crippen molar-refractivity contribution in [2.24, 2.45) is 11.8 Å². The Bertz CT molecular complexity index is 135. The van der Waals surface area contributed by atoms with Crippen molar-refractivity contribution in [3.8, 4) is 0 Å². The van der Waals surface area contributed by atoms with Gasteiger partial charge in [0.25, 0.3) is 0 Å². The molecule has 0 spiro atoms. The van der Waals surface area contributed by atoms with Crippen LogP contribution in [0, 0.1) is 11.8 Å². The summed E-state index contributed by atoms with van der Waals surface area (Å²) in [7, 11) is 0. The van der Waals surface area contributed by atoms with Crippen molar-refractivity contribution in [3.05, 3.63) is 0 Å². The summed E-state index contributed by atoms with van der Waals surface area (Å²) in [6, 6.07) is 0. The Morgan fingerprint density at radius 2 is 1.28 bits per heavy atom. The fraction of sp³-hybridized carbons (Fsp3) is 1.00. The lowest BCUT2D eigenvalue weighted by Crippen LogP contribution is -2.23. The zero-order valence-corrected chi connectivity index (χ0v) is 10.5. The highest BCUT2D eigenvalue weighted by molar-refractivity contribution is 4.62. The molecule has 18 heavy (non-hydrogen) atoms. The topological polar surface area (TPSA) is 18.5 Å². The maximum atomic E-state index is 5.69. The van der Waals surface area contributed by atoms with Gasteiger partial charge in [-0.15, -0.1) is 0 Å². The minimum absolute atomic E-state index is 0.